The molecule has 0 unspecified atom stereocenters. The van der Waals surface area contributed by atoms with Crippen molar-refractivity contribution in [3.8, 4) is 6.07 Å². The molecular weight excluding hydrogens is 192 g/mol. The summed E-state index contributed by atoms with van der Waals surface area (Å²) in [4.78, 5) is 11.4. The Labute approximate surface area is 88.1 Å². The van der Waals surface area contributed by atoms with Crippen molar-refractivity contribution in [1.29, 1.82) is 5.26 Å². The van der Waals surface area contributed by atoms with E-state index in [9.17, 15) is 4.79 Å². The molecule has 1 heterocycles. The molecule has 0 spiro atoms. The molecule has 0 fully saturated rings. The minimum absolute atomic E-state index is 0.151. The second-order valence-corrected chi connectivity index (χ2v) is 3.00. The first-order valence-electron chi connectivity index (χ1n) is 4.76. The van der Waals surface area contributed by atoms with E-state index in [1.807, 2.05) is 0 Å². The van der Waals surface area contributed by atoms with E-state index in [1.165, 1.54) is 12.4 Å². The van der Waals surface area contributed by atoms with Crippen molar-refractivity contribution >= 4 is 5.91 Å². The number of hydrogen-bond acceptors (Lipinski definition) is 4. The summed E-state index contributed by atoms with van der Waals surface area (Å²) in [5, 5.41) is 18.2. The third-order valence-electron chi connectivity index (χ3n) is 1.85. The van der Waals surface area contributed by atoms with E-state index in [1.54, 1.807) is 6.07 Å². The number of aromatic nitrogens is 2. The van der Waals surface area contributed by atoms with E-state index in [0.29, 0.717) is 18.5 Å². The quantitative estimate of drug-likeness (QED) is 0.723. The predicted octanol–water partition coefficient (Wildman–Crippen LogP) is 0.900. The van der Waals surface area contributed by atoms with Crippen molar-refractivity contribution < 1.29 is 4.79 Å². The summed E-state index contributed by atoms with van der Waals surface area (Å²) in [5.74, 6) is -0.151. The summed E-state index contributed by atoms with van der Waals surface area (Å²) in [5.41, 5.74) is 0.505. The first kappa shape index (κ1) is 11.1. The van der Waals surface area contributed by atoms with Crippen molar-refractivity contribution in [3.05, 3.63) is 24.0 Å². The van der Waals surface area contributed by atoms with Crippen LogP contribution in [0.2, 0.25) is 0 Å². The van der Waals surface area contributed by atoms with Crippen LogP contribution in [0.3, 0.4) is 0 Å². The SMILES string of the molecule is N#CCCCCNC(=O)c1ccnnc1. The molecule has 0 radical (unpaired) electrons. The van der Waals surface area contributed by atoms with Crippen LogP contribution in [0.5, 0.6) is 0 Å². The third kappa shape index (κ3) is 4.18. The highest BCUT2D eigenvalue weighted by Gasteiger charge is 2.03. The second-order valence-electron chi connectivity index (χ2n) is 3.00. The van der Waals surface area contributed by atoms with Crippen LogP contribution in [-0.2, 0) is 0 Å². The van der Waals surface area contributed by atoms with Crippen LogP contribution in [0.1, 0.15) is 29.6 Å². The van der Waals surface area contributed by atoms with Gasteiger partial charge in [-0.3, -0.25) is 4.79 Å². The average Bonchev–Trinajstić information content (AvgIpc) is 2.30. The average molecular weight is 204 g/mol. The van der Waals surface area contributed by atoms with E-state index in [4.69, 9.17) is 5.26 Å². The fourth-order valence-corrected chi connectivity index (χ4v) is 1.06. The Morgan fingerprint density at radius 1 is 1.47 bits per heavy atom. The number of nitriles is 1. The molecule has 78 valence electrons. The Morgan fingerprint density at radius 3 is 3.00 bits per heavy atom. The Kier molecular flexibility index (Phi) is 4.81. The van der Waals surface area contributed by atoms with Crippen LogP contribution in [0.4, 0.5) is 0 Å². The number of rotatable bonds is 5. The Bertz CT molecular complexity index is 344. The molecule has 0 aliphatic carbocycles. The lowest BCUT2D eigenvalue weighted by Gasteiger charge is -2.02. The van der Waals surface area contributed by atoms with Gasteiger partial charge in [-0.05, 0) is 18.9 Å². The van der Waals surface area contributed by atoms with Gasteiger partial charge >= 0.3 is 0 Å². The molecule has 0 aliphatic heterocycles. The van der Waals surface area contributed by atoms with Crippen LogP contribution >= 0.6 is 0 Å². The highest BCUT2D eigenvalue weighted by molar-refractivity contribution is 5.93. The van der Waals surface area contributed by atoms with Gasteiger partial charge in [-0.2, -0.15) is 15.5 Å². The summed E-state index contributed by atoms with van der Waals surface area (Å²) in [6, 6.07) is 3.67. The lowest BCUT2D eigenvalue weighted by Crippen LogP contribution is -2.24. The lowest BCUT2D eigenvalue weighted by molar-refractivity contribution is 0.0952. The smallest absolute Gasteiger partial charge is 0.252 e. The van der Waals surface area contributed by atoms with Gasteiger partial charge in [0.1, 0.15) is 0 Å². The van der Waals surface area contributed by atoms with Crippen LogP contribution in [-0.4, -0.2) is 22.6 Å². The molecule has 0 saturated heterocycles. The van der Waals surface area contributed by atoms with Crippen molar-refractivity contribution in [2.24, 2.45) is 0 Å². The van der Waals surface area contributed by atoms with Crippen molar-refractivity contribution in [1.82, 2.24) is 15.5 Å². The summed E-state index contributed by atoms with van der Waals surface area (Å²) < 4.78 is 0. The first-order chi connectivity index (χ1) is 7.34. The molecular formula is C10H12N4O. The fourth-order valence-electron chi connectivity index (χ4n) is 1.06. The number of nitrogens with zero attached hydrogens (tertiary/aromatic N) is 3. The van der Waals surface area contributed by atoms with Crippen molar-refractivity contribution in [2.45, 2.75) is 19.3 Å². The molecule has 1 aromatic rings. The molecule has 0 aliphatic rings. The van der Waals surface area contributed by atoms with Crippen LogP contribution in [0.15, 0.2) is 18.5 Å². The van der Waals surface area contributed by atoms with Gasteiger partial charge < -0.3 is 5.32 Å². The fraction of sp³-hybridized carbons (Fsp3) is 0.400. The van der Waals surface area contributed by atoms with Gasteiger partial charge in [0.2, 0.25) is 0 Å². The normalized spacial score (nSPS) is 9.27. The summed E-state index contributed by atoms with van der Waals surface area (Å²) in [6.45, 7) is 0.586. The molecule has 0 atom stereocenters. The minimum Gasteiger partial charge on any atom is -0.352 e. The van der Waals surface area contributed by atoms with E-state index in [-0.39, 0.29) is 5.91 Å². The summed E-state index contributed by atoms with van der Waals surface area (Å²) in [6.07, 6.45) is 5.06. The van der Waals surface area contributed by atoms with Gasteiger partial charge in [-0.1, -0.05) is 0 Å². The number of nitrogens with one attached hydrogen (secondary N) is 1. The van der Waals surface area contributed by atoms with Gasteiger partial charge in [0.25, 0.3) is 5.91 Å². The molecule has 0 aromatic carbocycles. The maximum absolute atomic E-state index is 11.4. The van der Waals surface area contributed by atoms with Crippen LogP contribution < -0.4 is 5.32 Å². The molecule has 15 heavy (non-hydrogen) atoms. The van der Waals surface area contributed by atoms with Crippen LogP contribution in [0.25, 0.3) is 0 Å². The minimum atomic E-state index is -0.151. The summed E-state index contributed by atoms with van der Waals surface area (Å²) >= 11 is 0. The molecule has 5 nitrogen and oxygen atoms in total. The van der Waals surface area contributed by atoms with Crippen molar-refractivity contribution in [3.63, 3.8) is 0 Å². The molecule has 0 saturated carbocycles. The highest BCUT2D eigenvalue weighted by Crippen LogP contribution is 1.95. The van der Waals surface area contributed by atoms with Gasteiger partial charge in [0.15, 0.2) is 0 Å². The van der Waals surface area contributed by atoms with E-state index < -0.39 is 0 Å². The maximum atomic E-state index is 11.4. The summed E-state index contributed by atoms with van der Waals surface area (Å²) in [7, 11) is 0. The first-order valence-corrected chi connectivity index (χ1v) is 4.76. The highest BCUT2D eigenvalue weighted by atomic mass is 16.1. The molecule has 0 bridgehead atoms. The largest absolute Gasteiger partial charge is 0.352 e. The number of hydrogen-bond donors (Lipinski definition) is 1. The molecule has 1 amide bonds. The molecule has 1 aromatic heterocycles. The zero-order chi connectivity index (χ0) is 10.9. The van der Waals surface area contributed by atoms with Crippen molar-refractivity contribution in [2.75, 3.05) is 6.54 Å². The number of amides is 1. The van der Waals surface area contributed by atoms with Crippen LogP contribution in [0, 0.1) is 11.3 Å². The second kappa shape index (κ2) is 6.49. The van der Waals surface area contributed by atoms with E-state index >= 15 is 0 Å². The Balaban J connectivity index is 2.23. The molecule has 5 heteroatoms. The third-order valence-corrected chi connectivity index (χ3v) is 1.85. The number of carbonyl (C=O) groups excluding carboxylic acids is 1. The zero-order valence-corrected chi connectivity index (χ0v) is 8.31. The maximum Gasteiger partial charge on any atom is 0.252 e. The molecule has 1 rings (SSSR count). The Hall–Kier alpha value is -1.96. The van der Waals surface area contributed by atoms with E-state index in [2.05, 4.69) is 21.6 Å². The van der Waals surface area contributed by atoms with Gasteiger partial charge in [0, 0.05) is 13.0 Å². The van der Waals surface area contributed by atoms with E-state index in [0.717, 1.165) is 12.8 Å². The lowest BCUT2D eigenvalue weighted by atomic mass is 10.2. The zero-order valence-electron chi connectivity index (χ0n) is 8.31. The van der Waals surface area contributed by atoms with Gasteiger partial charge in [-0.25, -0.2) is 0 Å². The Morgan fingerprint density at radius 2 is 2.33 bits per heavy atom. The monoisotopic (exact) mass is 204 g/mol. The predicted molar refractivity (Wildman–Crippen MR) is 53.8 cm³/mol. The number of carbonyl (C=O) groups is 1. The van der Waals surface area contributed by atoms with Gasteiger partial charge in [-0.15, -0.1) is 0 Å². The molecule has 1 N–H and O–H groups in total. The van der Waals surface area contributed by atoms with Gasteiger partial charge in [0.05, 0.1) is 24.0 Å². The topological polar surface area (TPSA) is 78.7 Å². The standard InChI is InChI=1S/C10H12N4O/c11-5-2-1-3-6-12-10(15)9-4-7-13-14-8-9/h4,7-8H,1-3,6H2,(H,12,15). The number of unbranched alkanes of at least 4 members (excludes halogenated alkanes) is 2.